The van der Waals surface area contributed by atoms with Gasteiger partial charge in [0, 0.05) is 12.2 Å². The first-order valence-corrected chi connectivity index (χ1v) is 6.98. The smallest absolute Gasteiger partial charge is 0.253 e. The van der Waals surface area contributed by atoms with E-state index >= 15 is 0 Å². The Labute approximate surface area is 118 Å². The topological polar surface area (TPSA) is 51.2 Å². The number of rotatable bonds is 5. The largest absolute Gasteiger partial charge is 0.474 e. The summed E-state index contributed by atoms with van der Waals surface area (Å²) in [4.78, 5) is 16.1. The fourth-order valence-corrected chi connectivity index (χ4v) is 2.07. The molecule has 1 N–H and O–H groups in total. The molecule has 1 aliphatic rings. The molecule has 4 nitrogen and oxygen atoms in total. The van der Waals surface area contributed by atoms with Gasteiger partial charge in [-0.3, -0.25) is 4.79 Å². The fraction of sp³-hybridized carbons (Fsp3) is 0.571. The number of nitrogens with zero attached hydrogens (tertiary/aromatic N) is 1. The zero-order valence-electron chi connectivity index (χ0n) is 11.4. The van der Waals surface area contributed by atoms with E-state index in [1.807, 2.05) is 20.8 Å². The second-order valence-electron chi connectivity index (χ2n) is 5.28. The summed E-state index contributed by atoms with van der Waals surface area (Å²) >= 11 is 6.06. The summed E-state index contributed by atoms with van der Waals surface area (Å²) in [6, 6.07) is 1.80. The molecule has 1 fully saturated rings. The van der Waals surface area contributed by atoms with E-state index in [0.717, 1.165) is 0 Å². The normalized spacial score (nSPS) is 16.3. The van der Waals surface area contributed by atoms with Crippen LogP contribution in [0.1, 0.15) is 44.0 Å². The lowest BCUT2D eigenvalue weighted by molar-refractivity contribution is 0.0935. The molecule has 5 heteroatoms. The van der Waals surface area contributed by atoms with Gasteiger partial charge in [0.1, 0.15) is 5.02 Å². The van der Waals surface area contributed by atoms with Crippen LogP contribution in [0, 0.1) is 5.92 Å². The van der Waals surface area contributed by atoms with Crippen LogP contribution < -0.4 is 10.1 Å². The van der Waals surface area contributed by atoms with Crippen LogP contribution in [-0.4, -0.2) is 23.0 Å². The number of hydrogen-bond acceptors (Lipinski definition) is 3. The van der Waals surface area contributed by atoms with E-state index in [9.17, 15) is 4.79 Å². The quantitative estimate of drug-likeness (QED) is 0.903. The van der Waals surface area contributed by atoms with Crippen molar-refractivity contribution in [1.29, 1.82) is 0 Å². The number of halogens is 1. The molecule has 1 atom stereocenters. The maximum Gasteiger partial charge on any atom is 0.253 e. The van der Waals surface area contributed by atoms with Gasteiger partial charge in [-0.2, -0.15) is 0 Å². The summed E-state index contributed by atoms with van der Waals surface area (Å²) in [7, 11) is 0. The number of aromatic nitrogens is 1. The summed E-state index contributed by atoms with van der Waals surface area (Å²) < 4.78 is 5.43. The molecule has 1 aliphatic carbocycles. The average molecular weight is 283 g/mol. The third-order valence-corrected chi connectivity index (χ3v) is 3.38. The Kier molecular flexibility index (Phi) is 4.30. The predicted octanol–water partition coefficient (Wildman–Crippen LogP) is 3.05. The standard InChI is InChI=1S/C14H19ClN2O2/c1-8(2)19-14-12(15)6-11(7-16-14)13(18)17-9(3)10-4-5-10/h6-10H,4-5H2,1-3H3,(H,17,18)/t9-/m1/s1. The minimum Gasteiger partial charge on any atom is -0.474 e. The lowest BCUT2D eigenvalue weighted by atomic mass is 10.2. The molecule has 1 amide bonds. The summed E-state index contributed by atoms with van der Waals surface area (Å²) in [6.45, 7) is 5.83. The summed E-state index contributed by atoms with van der Waals surface area (Å²) in [6.07, 6.45) is 3.89. The zero-order valence-corrected chi connectivity index (χ0v) is 12.2. The molecular formula is C14H19ClN2O2. The second kappa shape index (κ2) is 5.78. The Balaban J connectivity index is 2.03. The van der Waals surface area contributed by atoms with Gasteiger partial charge < -0.3 is 10.1 Å². The molecular weight excluding hydrogens is 264 g/mol. The van der Waals surface area contributed by atoms with E-state index in [-0.39, 0.29) is 18.1 Å². The highest BCUT2D eigenvalue weighted by molar-refractivity contribution is 6.32. The third-order valence-electron chi connectivity index (χ3n) is 3.10. The van der Waals surface area contributed by atoms with Crippen LogP contribution in [0.25, 0.3) is 0 Å². The van der Waals surface area contributed by atoms with Crippen molar-refractivity contribution in [2.24, 2.45) is 5.92 Å². The molecule has 1 aromatic rings. The average Bonchev–Trinajstić information content (AvgIpc) is 3.15. The van der Waals surface area contributed by atoms with Crippen molar-refractivity contribution < 1.29 is 9.53 Å². The number of nitrogens with one attached hydrogen (secondary N) is 1. The van der Waals surface area contributed by atoms with Crippen molar-refractivity contribution in [3.63, 3.8) is 0 Å². The van der Waals surface area contributed by atoms with Crippen LogP contribution in [0.15, 0.2) is 12.3 Å². The van der Waals surface area contributed by atoms with Gasteiger partial charge in [-0.1, -0.05) is 11.6 Å². The number of ether oxygens (including phenoxy) is 1. The van der Waals surface area contributed by atoms with Crippen LogP contribution in [0.5, 0.6) is 5.88 Å². The second-order valence-corrected chi connectivity index (χ2v) is 5.68. The van der Waals surface area contributed by atoms with Crippen LogP contribution in [0.2, 0.25) is 5.02 Å². The van der Waals surface area contributed by atoms with Gasteiger partial charge in [-0.05, 0) is 45.6 Å². The molecule has 1 saturated carbocycles. The number of amides is 1. The first kappa shape index (κ1) is 14.1. The molecule has 0 aliphatic heterocycles. The van der Waals surface area contributed by atoms with E-state index in [0.29, 0.717) is 22.4 Å². The fourth-order valence-electron chi connectivity index (χ4n) is 1.86. The van der Waals surface area contributed by atoms with Gasteiger partial charge in [0.2, 0.25) is 5.88 Å². The van der Waals surface area contributed by atoms with Crippen LogP contribution in [-0.2, 0) is 0 Å². The summed E-state index contributed by atoms with van der Waals surface area (Å²) in [5.41, 5.74) is 0.466. The molecule has 0 aromatic carbocycles. The molecule has 2 rings (SSSR count). The Morgan fingerprint density at radius 3 is 2.68 bits per heavy atom. The van der Waals surface area contributed by atoms with Crippen LogP contribution in [0.4, 0.5) is 0 Å². The van der Waals surface area contributed by atoms with Crippen molar-refractivity contribution in [1.82, 2.24) is 10.3 Å². The molecule has 0 unspecified atom stereocenters. The molecule has 19 heavy (non-hydrogen) atoms. The molecule has 1 aromatic heterocycles. The van der Waals surface area contributed by atoms with Crippen molar-refractivity contribution in [3.05, 3.63) is 22.8 Å². The molecule has 0 saturated heterocycles. The third kappa shape index (κ3) is 3.83. The van der Waals surface area contributed by atoms with Crippen LogP contribution >= 0.6 is 11.6 Å². The van der Waals surface area contributed by atoms with Gasteiger partial charge >= 0.3 is 0 Å². The molecule has 0 radical (unpaired) electrons. The number of carbonyl (C=O) groups is 1. The van der Waals surface area contributed by atoms with E-state index in [2.05, 4.69) is 10.3 Å². The first-order chi connectivity index (χ1) is 8.97. The van der Waals surface area contributed by atoms with E-state index in [1.165, 1.54) is 19.0 Å². The SMILES string of the molecule is CC(C)Oc1ncc(C(=O)N[C@H](C)C2CC2)cc1Cl. The lowest BCUT2D eigenvalue weighted by Gasteiger charge is -2.14. The number of carbonyl (C=O) groups excluding carboxylic acids is 1. The van der Waals surface area contributed by atoms with E-state index in [1.54, 1.807) is 6.07 Å². The molecule has 104 valence electrons. The Morgan fingerprint density at radius 2 is 2.16 bits per heavy atom. The molecule has 0 spiro atoms. The minimum atomic E-state index is -0.134. The Morgan fingerprint density at radius 1 is 1.47 bits per heavy atom. The zero-order chi connectivity index (χ0) is 14.0. The van der Waals surface area contributed by atoms with Crippen molar-refractivity contribution in [2.45, 2.75) is 45.8 Å². The Hall–Kier alpha value is -1.29. The number of hydrogen-bond donors (Lipinski definition) is 1. The van der Waals surface area contributed by atoms with Gasteiger partial charge in [0.05, 0.1) is 11.7 Å². The Bertz CT molecular complexity index is 473. The van der Waals surface area contributed by atoms with Crippen molar-refractivity contribution in [3.8, 4) is 5.88 Å². The van der Waals surface area contributed by atoms with Crippen molar-refractivity contribution >= 4 is 17.5 Å². The maximum atomic E-state index is 12.0. The first-order valence-electron chi connectivity index (χ1n) is 6.60. The highest BCUT2D eigenvalue weighted by Crippen LogP contribution is 2.32. The summed E-state index contributed by atoms with van der Waals surface area (Å²) in [5.74, 6) is 0.851. The highest BCUT2D eigenvalue weighted by atomic mass is 35.5. The molecule has 1 heterocycles. The van der Waals surface area contributed by atoms with Crippen molar-refractivity contribution in [2.75, 3.05) is 0 Å². The minimum absolute atomic E-state index is 0.000402. The lowest BCUT2D eigenvalue weighted by Crippen LogP contribution is -2.34. The maximum absolute atomic E-state index is 12.0. The van der Waals surface area contributed by atoms with Gasteiger partial charge in [-0.25, -0.2) is 4.98 Å². The van der Waals surface area contributed by atoms with Crippen LogP contribution in [0.3, 0.4) is 0 Å². The van der Waals surface area contributed by atoms with Gasteiger partial charge in [0.25, 0.3) is 5.91 Å². The summed E-state index contributed by atoms with van der Waals surface area (Å²) in [5, 5.41) is 3.33. The monoisotopic (exact) mass is 282 g/mol. The molecule has 0 bridgehead atoms. The predicted molar refractivity (Wildman–Crippen MR) is 74.7 cm³/mol. The number of pyridine rings is 1. The van der Waals surface area contributed by atoms with E-state index < -0.39 is 0 Å². The van der Waals surface area contributed by atoms with Gasteiger partial charge in [-0.15, -0.1) is 0 Å². The highest BCUT2D eigenvalue weighted by Gasteiger charge is 2.29. The van der Waals surface area contributed by atoms with E-state index in [4.69, 9.17) is 16.3 Å². The van der Waals surface area contributed by atoms with Gasteiger partial charge in [0.15, 0.2) is 0 Å².